The van der Waals surface area contributed by atoms with Crippen LogP contribution < -0.4 is 15.0 Å². The van der Waals surface area contributed by atoms with Crippen molar-refractivity contribution in [1.29, 1.82) is 0 Å². The van der Waals surface area contributed by atoms with Crippen molar-refractivity contribution in [2.24, 2.45) is 0 Å². The van der Waals surface area contributed by atoms with Gasteiger partial charge >= 0.3 is 0 Å². The molecule has 0 bridgehead atoms. The SMILES string of the molecule is CCCc1cc[n+](C(C(=S)Nc2ccccc2)=C([O-])c2ccccc2Cl)cc1. The Morgan fingerprint density at radius 1 is 1.00 bits per heavy atom. The van der Waals surface area contributed by atoms with Crippen molar-refractivity contribution >= 4 is 46.0 Å². The summed E-state index contributed by atoms with van der Waals surface area (Å²) in [6, 6.07) is 20.6. The Labute approximate surface area is 175 Å². The van der Waals surface area contributed by atoms with Crippen LogP contribution in [0.3, 0.4) is 0 Å². The number of para-hydroxylation sites is 1. The summed E-state index contributed by atoms with van der Waals surface area (Å²) in [5, 5.41) is 16.9. The molecular weight excluding hydrogens is 388 g/mol. The maximum absolute atomic E-state index is 13.3. The topological polar surface area (TPSA) is 39.0 Å². The molecule has 0 aliphatic heterocycles. The number of nitrogens with zero attached hydrogens (tertiary/aromatic N) is 1. The van der Waals surface area contributed by atoms with Gasteiger partial charge in [-0.05, 0) is 41.5 Å². The fourth-order valence-corrected chi connectivity index (χ4v) is 3.42. The minimum Gasteiger partial charge on any atom is -0.867 e. The van der Waals surface area contributed by atoms with Crippen LogP contribution in [0.15, 0.2) is 79.1 Å². The fraction of sp³-hybridized carbons (Fsp3) is 0.130. The molecule has 1 aromatic heterocycles. The molecule has 1 heterocycles. The van der Waals surface area contributed by atoms with Crippen molar-refractivity contribution in [3.8, 4) is 0 Å². The first-order chi connectivity index (χ1) is 13.6. The number of hydrogen-bond acceptors (Lipinski definition) is 2. The molecule has 0 spiro atoms. The van der Waals surface area contributed by atoms with E-state index in [1.807, 2.05) is 54.9 Å². The van der Waals surface area contributed by atoms with Crippen LogP contribution in [-0.2, 0) is 6.42 Å². The van der Waals surface area contributed by atoms with Gasteiger partial charge in [0.15, 0.2) is 17.4 Å². The number of hydrogen-bond donors (Lipinski definition) is 1. The average Bonchev–Trinajstić information content (AvgIpc) is 2.71. The van der Waals surface area contributed by atoms with Gasteiger partial charge in [0.25, 0.3) is 0 Å². The van der Waals surface area contributed by atoms with E-state index in [-0.39, 0.29) is 5.76 Å². The van der Waals surface area contributed by atoms with E-state index in [4.69, 9.17) is 23.8 Å². The van der Waals surface area contributed by atoms with Crippen LogP contribution in [-0.4, -0.2) is 4.99 Å². The Hall–Kier alpha value is -2.69. The van der Waals surface area contributed by atoms with Gasteiger partial charge in [0, 0.05) is 22.8 Å². The molecule has 0 radical (unpaired) electrons. The molecule has 3 nitrogen and oxygen atoms in total. The molecule has 0 aliphatic carbocycles. The van der Waals surface area contributed by atoms with Crippen LogP contribution in [0.5, 0.6) is 0 Å². The number of nitrogens with one attached hydrogen (secondary N) is 1. The largest absolute Gasteiger partial charge is 0.867 e. The van der Waals surface area contributed by atoms with Crippen molar-refractivity contribution in [1.82, 2.24) is 0 Å². The highest BCUT2D eigenvalue weighted by Crippen LogP contribution is 2.23. The number of anilines is 1. The highest BCUT2D eigenvalue weighted by atomic mass is 35.5. The normalized spacial score (nSPS) is 11.6. The van der Waals surface area contributed by atoms with Gasteiger partial charge < -0.3 is 10.4 Å². The van der Waals surface area contributed by atoms with E-state index in [0.717, 1.165) is 18.5 Å². The van der Waals surface area contributed by atoms with Gasteiger partial charge in [-0.15, -0.1) is 0 Å². The minimum atomic E-state index is -0.229. The molecule has 0 amide bonds. The molecule has 1 N–H and O–H groups in total. The predicted molar refractivity (Wildman–Crippen MR) is 118 cm³/mol. The van der Waals surface area contributed by atoms with E-state index in [0.29, 0.717) is 21.3 Å². The number of rotatable bonds is 6. The first kappa shape index (κ1) is 20.1. The van der Waals surface area contributed by atoms with E-state index in [2.05, 4.69) is 12.2 Å². The van der Waals surface area contributed by atoms with Crippen LogP contribution in [0.1, 0.15) is 24.5 Å². The third-order valence-corrected chi connectivity index (χ3v) is 4.90. The Balaban J connectivity index is 2.06. The van der Waals surface area contributed by atoms with Gasteiger partial charge in [0.2, 0.25) is 5.70 Å². The van der Waals surface area contributed by atoms with Gasteiger partial charge in [0.05, 0.1) is 0 Å². The summed E-state index contributed by atoms with van der Waals surface area (Å²) < 4.78 is 1.75. The number of benzene rings is 2. The van der Waals surface area contributed by atoms with Crippen LogP contribution in [0.2, 0.25) is 5.02 Å². The molecule has 3 rings (SSSR count). The second kappa shape index (κ2) is 9.49. The van der Waals surface area contributed by atoms with Gasteiger partial charge in [-0.3, -0.25) is 0 Å². The van der Waals surface area contributed by atoms with Crippen molar-refractivity contribution < 1.29 is 9.67 Å². The number of aromatic nitrogens is 1. The monoisotopic (exact) mass is 408 g/mol. The van der Waals surface area contributed by atoms with Crippen molar-refractivity contribution in [3.05, 3.63) is 95.3 Å². The number of pyridine rings is 1. The summed E-state index contributed by atoms with van der Waals surface area (Å²) >= 11 is 11.9. The Kier molecular flexibility index (Phi) is 6.80. The Morgan fingerprint density at radius 3 is 2.29 bits per heavy atom. The molecule has 0 aliphatic rings. The zero-order valence-electron chi connectivity index (χ0n) is 15.6. The molecule has 28 heavy (non-hydrogen) atoms. The molecule has 0 fully saturated rings. The second-order valence-corrected chi connectivity index (χ2v) is 7.16. The van der Waals surface area contributed by atoms with E-state index < -0.39 is 0 Å². The predicted octanol–water partition coefficient (Wildman–Crippen LogP) is 4.71. The van der Waals surface area contributed by atoms with Gasteiger partial charge in [-0.2, -0.15) is 4.57 Å². The van der Waals surface area contributed by atoms with Crippen LogP contribution >= 0.6 is 23.8 Å². The smallest absolute Gasteiger partial charge is 0.238 e. The van der Waals surface area contributed by atoms with Crippen LogP contribution in [0.25, 0.3) is 11.5 Å². The lowest BCUT2D eigenvalue weighted by Gasteiger charge is -2.18. The third-order valence-electron chi connectivity index (χ3n) is 4.28. The fourth-order valence-electron chi connectivity index (χ4n) is 2.88. The molecule has 142 valence electrons. The van der Waals surface area contributed by atoms with Crippen molar-refractivity contribution in [2.45, 2.75) is 19.8 Å². The van der Waals surface area contributed by atoms with Crippen LogP contribution in [0, 0.1) is 0 Å². The molecule has 0 saturated heterocycles. The summed E-state index contributed by atoms with van der Waals surface area (Å²) in [6.45, 7) is 2.14. The first-order valence-corrected chi connectivity index (χ1v) is 9.92. The maximum Gasteiger partial charge on any atom is 0.238 e. The quantitative estimate of drug-likeness (QED) is 0.278. The molecule has 0 saturated carbocycles. The summed E-state index contributed by atoms with van der Waals surface area (Å²) in [4.78, 5) is 0.337. The lowest BCUT2D eigenvalue weighted by molar-refractivity contribution is -0.577. The van der Waals surface area contributed by atoms with Crippen molar-refractivity contribution in [3.63, 3.8) is 0 Å². The molecule has 0 unspecified atom stereocenters. The summed E-state index contributed by atoms with van der Waals surface area (Å²) in [5.74, 6) is -0.229. The highest BCUT2D eigenvalue weighted by Gasteiger charge is 2.20. The minimum absolute atomic E-state index is 0.229. The lowest BCUT2D eigenvalue weighted by Crippen LogP contribution is -2.40. The van der Waals surface area contributed by atoms with Gasteiger partial charge in [0.1, 0.15) is 0 Å². The molecule has 3 aromatic rings. The second-order valence-electron chi connectivity index (χ2n) is 6.34. The van der Waals surface area contributed by atoms with E-state index in [9.17, 15) is 5.11 Å². The van der Waals surface area contributed by atoms with E-state index in [1.54, 1.807) is 28.8 Å². The van der Waals surface area contributed by atoms with Crippen LogP contribution in [0.4, 0.5) is 5.69 Å². The standard InChI is InChI=1S/C23H21ClN2OS/c1-2-8-17-13-15-26(16-14-17)21(22(27)19-11-6-7-12-20(19)24)23(28)25-18-9-4-3-5-10-18/h3-7,9-16H,2,8H2,1H3,(H-,25,27,28). The average molecular weight is 409 g/mol. The number of halogens is 1. The number of aryl methyl sites for hydroxylation is 1. The maximum atomic E-state index is 13.3. The highest BCUT2D eigenvalue weighted by molar-refractivity contribution is 7.81. The first-order valence-electron chi connectivity index (χ1n) is 9.13. The third kappa shape index (κ3) is 4.77. The molecule has 0 atom stereocenters. The Bertz CT molecular complexity index is 985. The molecular formula is C23H21ClN2OS. The van der Waals surface area contributed by atoms with Crippen molar-refractivity contribution in [2.75, 3.05) is 5.32 Å². The van der Waals surface area contributed by atoms with Gasteiger partial charge in [-0.25, -0.2) is 0 Å². The zero-order chi connectivity index (χ0) is 19.9. The summed E-state index contributed by atoms with van der Waals surface area (Å²) in [7, 11) is 0. The van der Waals surface area contributed by atoms with Gasteiger partial charge in [-0.1, -0.05) is 73.6 Å². The Morgan fingerprint density at radius 2 is 1.64 bits per heavy atom. The summed E-state index contributed by atoms with van der Waals surface area (Å²) in [5.41, 5.74) is 2.81. The zero-order valence-corrected chi connectivity index (χ0v) is 17.1. The lowest BCUT2D eigenvalue weighted by atomic mass is 10.1. The van der Waals surface area contributed by atoms with E-state index in [1.165, 1.54) is 5.56 Å². The molecule has 2 aromatic carbocycles. The molecule has 5 heteroatoms. The number of thiocarbonyl (C=S) groups is 1. The van der Waals surface area contributed by atoms with E-state index >= 15 is 0 Å². The summed E-state index contributed by atoms with van der Waals surface area (Å²) in [6.07, 6.45) is 5.79.